The zero-order valence-electron chi connectivity index (χ0n) is 20.8. The number of furan rings is 1. The minimum absolute atomic E-state index is 0.175. The Morgan fingerprint density at radius 3 is 2.74 bits per heavy atom. The Kier molecular flexibility index (Phi) is 9.69. The molecule has 1 aliphatic rings. The maximum atomic E-state index is 13.0. The summed E-state index contributed by atoms with van der Waals surface area (Å²) >= 11 is 0. The number of unbranched alkanes of at least 4 members (excludes halogenated alkanes) is 2. The van der Waals surface area contributed by atoms with Crippen LogP contribution >= 0.6 is 0 Å². The van der Waals surface area contributed by atoms with Crippen molar-refractivity contribution in [2.75, 3.05) is 26.2 Å². The van der Waals surface area contributed by atoms with Gasteiger partial charge in [-0.3, -0.25) is 19.3 Å². The van der Waals surface area contributed by atoms with Gasteiger partial charge < -0.3 is 15.1 Å². The van der Waals surface area contributed by atoms with Crippen molar-refractivity contribution in [1.82, 2.24) is 15.5 Å². The summed E-state index contributed by atoms with van der Waals surface area (Å²) in [5.74, 6) is -0.250. The number of nitrogens with zero attached hydrogens (tertiary/aromatic N) is 1. The monoisotopic (exact) mass is 469 g/mol. The number of benzene rings is 1. The van der Waals surface area contributed by atoms with Crippen LogP contribution in [0, 0.1) is 11.8 Å². The number of likely N-dealkylation sites (tertiary alicyclic amines) is 1. The van der Waals surface area contributed by atoms with Crippen LogP contribution in [-0.2, 0) is 9.59 Å². The molecule has 1 unspecified atom stereocenters. The zero-order chi connectivity index (χ0) is 24.5. The van der Waals surface area contributed by atoms with Crippen molar-refractivity contribution in [3.63, 3.8) is 0 Å². The molecule has 186 valence electrons. The minimum atomic E-state index is -0.688. The van der Waals surface area contributed by atoms with Crippen LogP contribution in [0.5, 0.6) is 0 Å². The molecule has 3 rings (SSSR count). The summed E-state index contributed by atoms with van der Waals surface area (Å²) in [5, 5.41) is 6.62. The van der Waals surface area contributed by atoms with Gasteiger partial charge in [0.15, 0.2) is 11.5 Å². The van der Waals surface area contributed by atoms with Crippen molar-refractivity contribution in [2.24, 2.45) is 11.8 Å². The zero-order valence-corrected chi connectivity index (χ0v) is 20.8. The molecule has 2 amide bonds. The molecule has 1 saturated heterocycles. The summed E-state index contributed by atoms with van der Waals surface area (Å²) < 4.78 is 5.65. The molecule has 7 nitrogen and oxygen atoms in total. The first kappa shape index (κ1) is 25.9. The molecule has 1 aromatic carbocycles. The van der Waals surface area contributed by atoms with Crippen LogP contribution in [0.2, 0.25) is 0 Å². The average molecular weight is 470 g/mol. The van der Waals surface area contributed by atoms with Crippen molar-refractivity contribution in [2.45, 2.75) is 65.3 Å². The second-order valence-electron chi connectivity index (χ2n) is 9.84. The van der Waals surface area contributed by atoms with Crippen LogP contribution < -0.4 is 10.6 Å². The fourth-order valence-corrected chi connectivity index (χ4v) is 4.52. The SMILES string of the molecule is CCCCCN1CCCC(CNC(=O)[C@H](CC(C)C)NC(=O)c2cc3ccccc3o2)C(=O)C1. The smallest absolute Gasteiger partial charge is 0.287 e. The molecule has 0 radical (unpaired) electrons. The van der Waals surface area contributed by atoms with E-state index >= 15 is 0 Å². The summed E-state index contributed by atoms with van der Waals surface area (Å²) in [7, 11) is 0. The Morgan fingerprint density at radius 2 is 2.00 bits per heavy atom. The Hall–Kier alpha value is -2.67. The Morgan fingerprint density at radius 1 is 1.21 bits per heavy atom. The summed E-state index contributed by atoms with van der Waals surface area (Å²) in [6.45, 7) is 8.87. The van der Waals surface area contributed by atoms with Crippen molar-refractivity contribution < 1.29 is 18.8 Å². The first-order chi connectivity index (χ1) is 16.4. The van der Waals surface area contributed by atoms with E-state index < -0.39 is 11.9 Å². The van der Waals surface area contributed by atoms with Crippen LogP contribution in [0.4, 0.5) is 0 Å². The highest BCUT2D eigenvalue weighted by Crippen LogP contribution is 2.19. The van der Waals surface area contributed by atoms with E-state index in [9.17, 15) is 14.4 Å². The number of carbonyl (C=O) groups excluding carboxylic acids is 3. The van der Waals surface area contributed by atoms with Crippen LogP contribution in [0.3, 0.4) is 0 Å². The third-order valence-electron chi connectivity index (χ3n) is 6.44. The molecule has 0 bridgehead atoms. The van der Waals surface area contributed by atoms with Crippen molar-refractivity contribution in [3.8, 4) is 0 Å². The predicted octanol–water partition coefficient (Wildman–Crippen LogP) is 4.16. The Bertz CT molecular complexity index is 935. The van der Waals surface area contributed by atoms with Crippen molar-refractivity contribution in [1.29, 1.82) is 0 Å². The second kappa shape index (κ2) is 12.7. The van der Waals surface area contributed by atoms with Crippen LogP contribution in [0.1, 0.15) is 69.9 Å². The number of fused-ring (bicyclic) bond motifs is 1. The normalized spacial score (nSPS) is 18.1. The molecule has 0 aliphatic carbocycles. The summed E-state index contributed by atoms with van der Waals surface area (Å²) in [6.07, 6.45) is 5.71. The highest BCUT2D eigenvalue weighted by Gasteiger charge is 2.28. The second-order valence-corrected chi connectivity index (χ2v) is 9.84. The molecule has 0 spiro atoms. The number of para-hydroxylation sites is 1. The first-order valence-electron chi connectivity index (χ1n) is 12.7. The molecule has 1 aromatic heterocycles. The van der Waals surface area contributed by atoms with Gasteiger partial charge in [0.1, 0.15) is 11.6 Å². The van der Waals surface area contributed by atoms with Gasteiger partial charge in [-0.05, 0) is 56.8 Å². The highest BCUT2D eigenvalue weighted by atomic mass is 16.3. The van der Waals surface area contributed by atoms with E-state index in [4.69, 9.17) is 4.42 Å². The van der Waals surface area contributed by atoms with Gasteiger partial charge in [0.25, 0.3) is 5.91 Å². The third kappa shape index (κ3) is 7.42. The fraction of sp³-hybridized carbons (Fsp3) is 0.593. The molecule has 0 saturated carbocycles. The third-order valence-corrected chi connectivity index (χ3v) is 6.44. The van der Waals surface area contributed by atoms with E-state index in [0.717, 1.165) is 37.7 Å². The van der Waals surface area contributed by atoms with E-state index in [2.05, 4.69) is 22.5 Å². The number of carbonyl (C=O) groups is 3. The summed E-state index contributed by atoms with van der Waals surface area (Å²) in [4.78, 5) is 40.9. The molecular weight excluding hydrogens is 430 g/mol. The van der Waals surface area contributed by atoms with E-state index in [-0.39, 0.29) is 29.3 Å². The van der Waals surface area contributed by atoms with E-state index in [1.54, 1.807) is 12.1 Å². The van der Waals surface area contributed by atoms with Crippen molar-refractivity contribution >= 4 is 28.6 Å². The average Bonchev–Trinajstić information content (AvgIpc) is 3.16. The van der Waals surface area contributed by atoms with Crippen LogP contribution in [-0.4, -0.2) is 54.7 Å². The lowest BCUT2D eigenvalue weighted by Gasteiger charge is -2.22. The summed E-state index contributed by atoms with van der Waals surface area (Å²) in [6, 6.07) is 8.41. The van der Waals surface area contributed by atoms with Gasteiger partial charge >= 0.3 is 0 Å². The fourth-order valence-electron chi connectivity index (χ4n) is 4.52. The van der Waals surface area contributed by atoms with Gasteiger partial charge in [-0.25, -0.2) is 0 Å². The standard InChI is InChI=1S/C27H39N3O4/c1-4-5-8-13-30-14-9-11-21(23(31)18-30)17-28-26(32)22(15-19(2)3)29-27(33)25-16-20-10-6-7-12-24(20)34-25/h6-7,10,12,16,19,21-22H,4-5,8-9,11,13-15,17-18H2,1-3H3,(H,28,32)(H,29,33)/t21?,22-/m0/s1. The minimum Gasteiger partial charge on any atom is -0.451 e. The number of nitrogens with one attached hydrogen (secondary N) is 2. The number of hydrogen-bond donors (Lipinski definition) is 2. The molecule has 2 N–H and O–H groups in total. The number of Topliss-reactive ketones (excluding diaryl/α,β-unsaturated/α-hetero) is 1. The maximum Gasteiger partial charge on any atom is 0.287 e. The molecule has 1 aliphatic heterocycles. The first-order valence-corrected chi connectivity index (χ1v) is 12.7. The van der Waals surface area contributed by atoms with Gasteiger partial charge in [0.05, 0.1) is 6.54 Å². The lowest BCUT2D eigenvalue weighted by molar-refractivity contribution is -0.125. The molecule has 7 heteroatoms. The lowest BCUT2D eigenvalue weighted by Crippen LogP contribution is -2.49. The van der Waals surface area contributed by atoms with Gasteiger partial charge in [-0.1, -0.05) is 51.8 Å². The van der Waals surface area contributed by atoms with E-state index in [1.807, 2.05) is 32.0 Å². The lowest BCUT2D eigenvalue weighted by atomic mass is 9.98. The van der Waals surface area contributed by atoms with Crippen LogP contribution in [0.25, 0.3) is 11.0 Å². The number of hydrogen-bond acceptors (Lipinski definition) is 5. The van der Waals surface area contributed by atoms with E-state index in [0.29, 0.717) is 25.1 Å². The van der Waals surface area contributed by atoms with Gasteiger partial charge in [0.2, 0.25) is 5.91 Å². The number of amides is 2. The van der Waals surface area contributed by atoms with E-state index in [1.165, 1.54) is 12.8 Å². The Balaban J connectivity index is 1.56. The Labute approximate surface area is 202 Å². The largest absolute Gasteiger partial charge is 0.451 e. The topological polar surface area (TPSA) is 91.7 Å². The number of ketones is 1. The maximum absolute atomic E-state index is 13.0. The van der Waals surface area contributed by atoms with Gasteiger partial charge in [-0.2, -0.15) is 0 Å². The molecule has 2 atom stereocenters. The number of rotatable bonds is 11. The molecule has 1 fully saturated rings. The molecule has 2 aromatic rings. The molecule has 34 heavy (non-hydrogen) atoms. The molecule has 2 heterocycles. The quantitative estimate of drug-likeness (QED) is 0.482. The predicted molar refractivity (Wildman–Crippen MR) is 134 cm³/mol. The summed E-state index contributed by atoms with van der Waals surface area (Å²) in [5.41, 5.74) is 0.633. The highest BCUT2D eigenvalue weighted by molar-refractivity contribution is 5.98. The van der Waals surface area contributed by atoms with Crippen molar-refractivity contribution in [3.05, 3.63) is 36.1 Å². The molecular formula is C27H39N3O4. The van der Waals surface area contributed by atoms with Crippen LogP contribution in [0.15, 0.2) is 34.7 Å². The van der Waals surface area contributed by atoms with Gasteiger partial charge in [-0.15, -0.1) is 0 Å². The van der Waals surface area contributed by atoms with Gasteiger partial charge in [0, 0.05) is 17.8 Å².